The quantitative estimate of drug-likeness (QED) is 0.334. The smallest absolute Gasteiger partial charge is 0.497 e. The summed E-state index contributed by atoms with van der Waals surface area (Å²) in [5, 5.41) is 21.6. The van der Waals surface area contributed by atoms with Crippen molar-refractivity contribution in [2.75, 3.05) is 39.2 Å². The first-order valence-corrected chi connectivity index (χ1v) is 16.6. The van der Waals surface area contributed by atoms with Crippen molar-refractivity contribution >= 4 is 39.1 Å². The molecule has 2 aliphatic heterocycles. The van der Waals surface area contributed by atoms with E-state index in [1.54, 1.807) is 0 Å². The Hall–Kier alpha value is -4.09. The third-order valence-corrected chi connectivity index (χ3v) is 10.5. The lowest BCUT2D eigenvalue weighted by Crippen LogP contribution is -2.59. The maximum absolute atomic E-state index is 15.4. The van der Waals surface area contributed by atoms with E-state index in [0.717, 1.165) is 19.2 Å². The summed E-state index contributed by atoms with van der Waals surface area (Å²) in [5.74, 6) is -3.08. The minimum Gasteiger partial charge on any atom is -0.497 e. The highest BCUT2D eigenvalue weighted by Crippen LogP contribution is 2.55. The van der Waals surface area contributed by atoms with Crippen LogP contribution in [0.5, 0.6) is 17.2 Å². The molecule has 2 amide bonds. The molecule has 0 spiro atoms. The summed E-state index contributed by atoms with van der Waals surface area (Å²) >= 11 is 6.48. The van der Waals surface area contributed by atoms with Crippen LogP contribution in [0.3, 0.4) is 0 Å². The number of likely N-dealkylation sites (N-methyl/N-ethyl adjacent to an activating group) is 1. The number of hydrogen-bond acceptors (Lipinski definition) is 10. The Morgan fingerprint density at radius 2 is 1.73 bits per heavy atom. The van der Waals surface area contributed by atoms with Gasteiger partial charge in [-0.1, -0.05) is 17.7 Å². The number of methoxy groups -OCH3 is 2. The molecule has 1 saturated heterocycles. The molecule has 5 rings (SSSR count). The van der Waals surface area contributed by atoms with Crippen LogP contribution in [0.2, 0.25) is 5.02 Å². The van der Waals surface area contributed by atoms with E-state index in [-0.39, 0.29) is 51.9 Å². The van der Waals surface area contributed by atoms with Crippen LogP contribution in [0.15, 0.2) is 59.5 Å². The first-order valence-electron chi connectivity index (χ1n) is 14.7. The lowest BCUT2D eigenvalue weighted by atomic mass is 9.80. The number of likely N-dealkylation sites (tertiary alicyclic amines) is 1. The van der Waals surface area contributed by atoms with Crippen LogP contribution in [0, 0.1) is 0 Å². The van der Waals surface area contributed by atoms with Crippen molar-refractivity contribution in [3.8, 4) is 17.2 Å². The van der Waals surface area contributed by atoms with E-state index in [0.29, 0.717) is 10.4 Å². The number of sulfonamides is 1. The Kier molecular flexibility index (Phi) is 9.59. The molecule has 2 aliphatic rings. The van der Waals surface area contributed by atoms with Crippen molar-refractivity contribution in [2.45, 2.75) is 48.4 Å². The average Bonchev–Trinajstić information content (AvgIpc) is 3.53. The molecular formula is C32H33ClF3N3O9S. The fourth-order valence-corrected chi connectivity index (χ4v) is 8.13. The normalized spacial score (nSPS) is 21.8. The van der Waals surface area contributed by atoms with Crippen LogP contribution in [-0.4, -0.2) is 93.6 Å². The van der Waals surface area contributed by atoms with E-state index in [4.69, 9.17) is 21.1 Å². The molecule has 0 bridgehead atoms. The molecular weight excluding hydrogens is 695 g/mol. The van der Waals surface area contributed by atoms with Crippen molar-refractivity contribution < 1.29 is 55.6 Å². The van der Waals surface area contributed by atoms with Crippen LogP contribution in [0.1, 0.15) is 36.1 Å². The van der Waals surface area contributed by atoms with Gasteiger partial charge in [-0.25, -0.2) is 12.7 Å². The molecule has 2 N–H and O–H groups in total. The van der Waals surface area contributed by atoms with Gasteiger partial charge in [0.2, 0.25) is 5.91 Å². The number of β-amino-alcohol motifs (C(OH)–C–C–N with tert-alkyl or cyclic N) is 1. The molecule has 1 fully saturated rings. The number of alkyl halides is 3. The minimum absolute atomic E-state index is 0.0215. The fourth-order valence-electron chi connectivity index (χ4n) is 6.39. The zero-order valence-electron chi connectivity index (χ0n) is 26.9. The molecule has 2 unspecified atom stereocenters. The molecule has 12 nitrogen and oxygen atoms in total. The predicted octanol–water partition coefficient (Wildman–Crippen LogP) is 3.81. The number of amides is 2. The van der Waals surface area contributed by atoms with Gasteiger partial charge in [0.05, 0.1) is 38.2 Å². The highest BCUT2D eigenvalue weighted by molar-refractivity contribution is 7.93. The lowest BCUT2D eigenvalue weighted by molar-refractivity contribution is -0.275. The Bertz CT molecular complexity index is 1910. The minimum atomic E-state index is -5.33. The largest absolute Gasteiger partial charge is 0.573 e. The summed E-state index contributed by atoms with van der Waals surface area (Å²) < 4.78 is 85.1. The van der Waals surface area contributed by atoms with Gasteiger partial charge in [-0.05, 0) is 61.4 Å². The number of aliphatic hydroxyl groups excluding tert-OH is 2. The van der Waals surface area contributed by atoms with Crippen molar-refractivity contribution in [1.82, 2.24) is 9.80 Å². The molecule has 3 aromatic rings. The second-order valence-electron chi connectivity index (χ2n) is 11.7. The zero-order chi connectivity index (χ0) is 36.2. The Morgan fingerprint density at radius 1 is 1.04 bits per heavy atom. The monoisotopic (exact) mass is 727 g/mol. The molecule has 0 saturated carbocycles. The van der Waals surface area contributed by atoms with E-state index in [1.807, 2.05) is 0 Å². The fraction of sp³-hybridized carbons (Fsp3) is 0.375. The Morgan fingerprint density at radius 3 is 2.33 bits per heavy atom. The van der Waals surface area contributed by atoms with Gasteiger partial charge in [-0.3, -0.25) is 14.5 Å². The zero-order valence-corrected chi connectivity index (χ0v) is 28.4. The Labute approximate surface area is 285 Å². The SMILES string of the molecule is COc1ccc(S(=O)(=O)N2C(=O)C(c3cc(C(C)O)ccc3OC)(N3C[C@H](O)C[C@H]3C(=O)N(C)C)c3cc(Cl)ccc32)c(OC(F)(F)F)c1. The van der Waals surface area contributed by atoms with Crippen molar-refractivity contribution in [3.63, 3.8) is 0 Å². The number of anilines is 1. The number of nitrogens with zero attached hydrogens (tertiary/aromatic N) is 3. The van der Waals surface area contributed by atoms with Gasteiger partial charge in [0.15, 0.2) is 11.3 Å². The molecule has 0 radical (unpaired) electrons. The van der Waals surface area contributed by atoms with Crippen LogP contribution < -0.4 is 18.5 Å². The molecule has 4 atom stereocenters. The van der Waals surface area contributed by atoms with Gasteiger partial charge in [0.25, 0.3) is 15.9 Å². The number of aliphatic hydroxyl groups is 2. The van der Waals surface area contributed by atoms with Gasteiger partial charge in [0.1, 0.15) is 16.4 Å². The predicted molar refractivity (Wildman–Crippen MR) is 170 cm³/mol. The maximum Gasteiger partial charge on any atom is 0.573 e. The van der Waals surface area contributed by atoms with Crippen molar-refractivity contribution in [2.24, 2.45) is 0 Å². The summed E-state index contributed by atoms with van der Waals surface area (Å²) in [6, 6.07) is 9.59. The third kappa shape index (κ3) is 6.16. The van der Waals surface area contributed by atoms with Crippen LogP contribution in [0.4, 0.5) is 18.9 Å². The molecule has 0 aliphatic carbocycles. The average molecular weight is 728 g/mol. The van der Waals surface area contributed by atoms with Gasteiger partial charge in [-0.15, -0.1) is 13.2 Å². The van der Waals surface area contributed by atoms with E-state index >= 15 is 4.79 Å². The topological polar surface area (TPSA) is 146 Å². The van der Waals surface area contributed by atoms with Gasteiger partial charge in [-0.2, -0.15) is 0 Å². The number of rotatable bonds is 9. The number of carbonyl (C=O) groups is 2. The van der Waals surface area contributed by atoms with Crippen molar-refractivity contribution in [3.05, 3.63) is 76.3 Å². The summed E-state index contributed by atoms with van der Waals surface area (Å²) in [6.07, 6.45) is -7.76. The van der Waals surface area contributed by atoms with Gasteiger partial charge < -0.3 is 29.3 Å². The maximum atomic E-state index is 15.4. The van der Waals surface area contributed by atoms with Gasteiger partial charge in [0, 0.05) is 42.9 Å². The third-order valence-electron chi connectivity index (χ3n) is 8.49. The number of halogens is 4. The number of hydrogen-bond donors (Lipinski definition) is 2. The number of fused-ring (bicyclic) bond motifs is 1. The highest BCUT2D eigenvalue weighted by atomic mass is 35.5. The van der Waals surface area contributed by atoms with E-state index < -0.39 is 62.6 Å². The van der Waals surface area contributed by atoms with Crippen LogP contribution >= 0.6 is 11.6 Å². The van der Waals surface area contributed by atoms with Crippen molar-refractivity contribution in [1.29, 1.82) is 0 Å². The first kappa shape index (κ1) is 36.2. The molecule has 264 valence electrons. The molecule has 2 heterocycles. The molecule has 0 aromatic heterocycles. The summed E-state index contributed by atoms with van der Waals surface area (Å²) in [4.78, 5) is 30.6. The summed E-state index contributed by atoms with van der Waals surface area (Å²) in [6.45, 7) is 1.13. The molecule has 17 heteroatoms. The highest BCUT2D eigenvalue weighted by Gasteiger charge is 2.64. The van der Waals surface area contributed by atoms with Gasteiger partial charge >= 0.3 is 6.36 Å². The second-order valence-corrected chi connectivity index (χ2v) is 13.9. The van der Waals surface area contributed by atoms with E-state index in [1.165, 1.54) is 74.3 Å². The number of carbonyl (C=O) groups excluding carboxylic acids is 2. The standard InChI is InChI=1S/C32H33ClF3N3O9S/c1-17(40)18-6-10-26(47-5)23(12-18)31(38-16-20(41)14-25(38)29(42)37(2)3)22-13-19(33)7-9-24(22)39(30(31)43)49(44,45)28-11-8-21(46-4)15-27(28)48-32(34,35)36/h6-13,15,17,20,25,40-41H,14,16H2,1-5H3/t17?,20-,25+,31?/m1/s1. The second kappa shape index (κ2) is 13.0. The van der Waals surface area contributed by atoms with Crippen LogP contribution in [0.25, 0.3) is 0 Å². The number of benzene rings is 3. The van der Waals surface area contributed by atoms with E-state index in [2.05, 4.69) is 4.74 Å². The summed E-state index contributed by atoms with van der Waals surface area (Å²) in [7, 11) is 0.108. The lowest BCUT2D eigenvalue weighted by Gasteiger charge is -2.42. The molecule has 3 aromatic carbocycles. The summed E-state index contributed by atoms with van der Waals surface area (Å²) in [5.41, 5.74) is -2.43. The first-order chi connectivity index (χ1) is 22.9. The number of ether oxygens (including phenoxy) is 3. The van der Waals surface area contributed by atoms with Crippen LogP contribution in [-0.2, 0) is 25.2 Å². The molecule has 49 heavy (non-hydrogen) atoms. The van der Waals surface area contributed by atoms with E-state index in [9.17, 15) is 36.6 Å². The Balaban J connectivity index is 1.90.